The van der Waals surface area contributed by atoms with Crippen molar-refractivity contribution in [2.75, 3.05) is 18.0 Å². The first kappa shape index (κ1) is 23.8. The Morgan fingerprint density at radius 3 is 2.40 bits per heavy atom. The molecule has 0 unspecified atom stereocenters. The first-order chi connectivity index (χ1) is 16.9. The van der Waals surface area contributed by atoms with Crippen molar-refractivity contribution in [3.63, 3.8) is 0 Å². The summed E-state index contributed by atoms with van der Waals surface area (Å²) < 4.78 is 3.45. The summed E-state index contributed by atoms with van der Waals surface area (Å²) in [5.41, 5.74) is 4.74. The van der Waals surface area contributed by atoms with Gasteiger partial charge in [0.1, 0.15) is 18.4 Å². The van der Waals surface area contributed by atoms with Crippen LogP contribution in [0.25, 0.3) is 22.4 Å². The summed E-state index contributed by atoms with van der Waals surface area (Å²) in [5.74, 6) is -0.127. The van der Waals surface area contributed by atoms with Crippen molar-refractivity contribution in [3.8, 4) is 5.69 Å². The van der Waals surface area contributed by atoms with E-state index < -0.39 is 0 Å². The first-order valence-electron chi connectivity index (χ1n) is 11.6. The summed E-state index contributed by atoms with van der Waals surface area (Å²) in [6.45, 7) is 7.40. The molecule has 0 saturated carbocycles. The molecule has 0 atom stereocenters. The van der Waals surface area contributed by atoms with Crippen LogP contribution in [-0.4, -0.2) is 32.8 Å². The van der Waals surface area contributed by atoms with Crippen molar-refractivity contribution in [2.45, 2.75) is 27.2 Å². The molecule has 1 amide bonds. The zero-order chi connectivity index (χ0) is 24.7. The molecule has 5 nitrogen and oxygen atoms in total. The second-order valence-corrected chi connectivity index (χ2v) is 11.0. The van der Waals surface area contributed by atoms with Gasteiger partial charge in [-0.15, -0.1) is 11.3 Å². The standard InChI is InChI=1S/C27H25N3O2S3/c1-4-16-29-24(31)23(35-27(29)33)26-30(19-13-10-17(3)11-14-19)25(32)22(34-26)21-15-12-18-8-6-7-9-20(18)28(21)5-2/h6-15H,4-5,16H2,1-3H3. The van der Waals surface area contributed by atoms with Crippen LogP contribution in [0.3, 0.4) is 0 Å². The number of para-hydroxylation sites is 1. The molecule has 5 rings (SSSR count). The van der Waals surface area contributed by atoms with E-state index in [-0.39, 0.29) is 11.5 Å². The normalized spacial score (nSPS) is 18.5. The quantitative estimate of drug-likeness (QED) is 0.483. The van der Waals surface area contributed by atoms with Gasteiger partial charge in [0, 0.05) is 18.8 Å². The topological polar surface area (TPSA) is 45.6 Å². The van der Waals surface area contributed by atoms with Gasteiger partial charge in [-0.3, -0.25) is 19.1 Å². The van der Waals surface area contributed by atoms with Crippen molar-refractivity contribution < 1.29 is 4.79 Å². The van der Waals surface area contributed by atoms with Gasteiger partial charge in [0.2, 0.25) is 0 Å². The zero-order valence-corrected chi connectivity index (χ0v) is 22.2. The van der Waals surface area contributed by atoms with E-state index in [0.717, 1.165) is 34.6 Å². The van der Waals surface area contributed by atoms with E-state index in [2.05, 4.69) is 24.0 Å². The molecule has 178 valence electrons. The number of rotatable bonds is 4. The fraction of sp³-hybridized carbons (Fsp3) is 0.222. The average molecular weight is 520 g/mol. The number of hydrogen-bond donors (Lipinski definition) is 0. The summed E-state index contributed by atoms with van der Waals surface area (Å²) >= 11 is 8.17. The van der Waals surface area contributed by atoms with E-state index in [9.17, 15) is 9.59 Å². The van der Waals surface area contributed by atoms with Crippen molar-refractivity contribution in [3.05, 3.63) is 85.3 Å². The third-order valence-corrected chi connectivity index (χ3v) is 8.80. The molecule has 0 aliphatic carbocycles. The van der Waals surface area contributed by atoms with Gasteiger partial charge in [0.25, 0.3) is 11.5 Å². The van der Waals surface area contributed by atoms with Gasteiger partial charge < -0.3 is 4.90 Å². The highest BCUT2D eigenvalue weighted by atomic mass is 32.2. The van der Waals surface area contributed by atoms with Crippen molar-refractivity contribution in [1.29, 1.82) is 0 Å². The minimum Gasteiger partial charge on any atom is -0.340 e. The second kappa shape index (κ2) is 9.60. The minimum absolute atomic E-state index is 0.127. The average Bonchev–Trinajstić information content (AvgIpc) is 3.35. The Labute approximate surface area is 217 Å². The largest absolute Gasteiger partial charge is 0.340 e. The van der Waals surface area contributed by atoms with Gasteiger partial charge in [0.05, 0.1) is 11.4 Å². The number of carbonyl (C=O) groups excluding carboxylic acids is 1. The molecule has 0 N–H and O–H groups in total. The van der Waals surface area contributed by atoms with E-state index in [1.165, 1.54) is 23.1 Å². The lowest BCUT2D eigenvalue weighted by Crippen LogP contribution is -2.36. The first-order valence-corrected chi connectivity index (χ1v) is 13.6. The molecule has 2 aliphatic heterocycles. The van der Waals surface area contributed by atoms with Crippen LogP contribution in [0.15, 0.2) is 59.4 Å². The molecule has 2 aliphatic rings. The van der Waals surface area contributed by atoms with Crippen molar-refractivity contribution >= 4 is 67.9 Å². The van der Waals surface area contributed by atoms with Gasteiger partial charge in [-0.05, 0) is 50.1 Å². The van der Waals surface area contributed by atoms with E-state index in [1.54, 1.807) is 9.47 Å². The Morgan fingerprint density at radius 1 is 0.943 bits per heavy atom. The number of nitrogens with zero attached hydrogens (tertiary/aromatic N) is 3. The zero-order valence-electron chi connectivity index (χ0n) is 19.8. The maximum absolute atomic E-state index is 14.0. The van der Waals surface area contributed by atoms with Crippen LogP contribution in [0.1, 0.15) is 31.4 Å². The van der Waals surface area contributed by atoms with Crippen LogP contribution in [0.4, 0.5) is 5.69 Å². The van der Waals surface area contributed by atoms with Gasteiger partial charge in [-0.1, -0.05) is 72.9 Å². The van der Waals surface area contributed by atoms with E-state index in [1.807, 2.05) is 62.4 Å². The van der Waals surface area contributed by atoms with Crippen LogP contribution < -0.4 is 19.7 Å². The number of benzene rings is 2. The highest BCUT2D eigenvalue weighted by Gasteiger charge is 2.34. The number of hydrogen-bond acceptors (Lipinski definition) is 6. The number of amides is 1. The molecule has 0 bridgehead atoms. The number of anilines is 1. The summed E-state index contributed by atoms with van der Waals surface area (Å²) in [5, 5.41) is 0. The summed E-state index contributed by atoms with van der Waals surface area (Å²) in [6.07, 6.45) is 4.87. The molecule has 8 heteroatoms. The number of likely N-dealkylation sites (N-methyl/N-ethyl adjacent to an activating group) is 1. The van der Waals surface area contributed by atoms with Crippen molar-refractivity contribution in [1.82, 2.24) is 9.47 Å². The SMILES string of the molecule is CCCN1C(=O)C(=c2sc(=C3C=Cc4ccccc4N3CC)c(=O)n2-c2ccc(C)cc2)SC1=S. The Kier molecular flexibility index (Phi) is 6.53. The maximum Gasteiger partial charge on any atom is 0.275 e. The van der Waals surface area contributed by atoms with E-state index >= 15 is 0 Å². The van der Waals surface area contributed by atoms with E-state index in [4.69, 9.17) is 12.2 Å². The third kappa shape index (κ3) is 4.09. The maximum atomic E-state index is 14.0. The Hall–Kier alpha value is -2.94. The summed E-state index contributed by atoms with van der Waals surface area (Å²) in [4.78, 5) is 31.7. The van der Waals surface area contributed by atoms with Crippen LogP contribution in [0, 0.1) is 6.92 Å². The Bertz CT molecular complexity index is 1550. The molecule has 35 heavy (non-hydrogen) atoms. The molecule has 0 spiro atoms. The second-order valence-electron chi connectivity index (χ2n) is 8.39. The smallest absolute Gasteiger partial charge is 0.275 e. The molecular weight excluding hydrogens is 495 g/mol. The van der Waals surface area contributed by atoms with Crippen LogP contribution in [0.2, 0.25) is 0 Å². The Morgan fingerprint density at radius 2 is 1.69 bits per heavy atom. The Balaban J connectivity index is 1.84. The minimum atomic E-state index is -0.132. The fourth-order valence-corrected chi connectivity index (χ4v) is 6.99. The number of aryl methyl sites for hydroxylation is 1. The molecule has 1 saturated heterocycles. The predicted octanol–water partition coefficient (Wildman–Crippen LogP) is 4.25. The molecular formula is C27H25N3O2S3. The number of fused-ring (bicyclic) bond motifs is 1. The molecule has 1 aromatic heterocycles. The number of carbonyl (C=O) groups is 1. The molecule has 0 radical (unpaired) electrons. The lowest BCUT2D eigenvalue weighted by molar-refractivity contribution is -0.120. The van der Waals surface area contributed by atoms with Crippen LogP contribution >= 0.6 is 35.3 Å². The molecule has 3 heterocycles. The fourth-order valence-electron chi connectivity index (χ4n) is 4.36. The molecule has 3 aromatic rings. The number of thiocarbonyl (C=S) groups is 1. The number of thiazole rings is 1. The highest BCUT2D eigenvalue weighted by molar-refractivity contribution is 8.30. The van der Waals surface area contributed by atoms with Gasteiger partial charge >= 0.3 is 0 Å². The summed E-state index contributed by atoms with van der Waals surface area (Å²) in [7, 11) is 0. The molecule has 2 aromatic carbocycles. The van der Waals surface area contributed by atoms with Gasteiger partial charge in [0.15, 0.2) is 0 Å². The number of thioether (sulfide) groups is 1. The monoisotopic (exact) mass is 519 g/mol. The van der Waals surface area contributed by atoms with Crippen LogP contribution in [-0.2, 0) is 4.79 Å². The number of aromatic nitrogens is 1. The molecule has 1 fully saturated rings. The van der Waals surface area contributed by atoms with Gasteiger partial charge in [-0.2, -0.15) is 0 Å². The lowest BCUT2D eigenvalue weighted by atomic mass is 10.1. The predicted molar refractivity (Wildman–Crippen MR) is 151 cm³/mol. The third-order valence-electron chi connectivity index (χ3n) is 6.07. The van der Waals surface area contributed by atoms with Crippen molar-refractivity contribution in [2.24, 2.45) is 0 Å². The van der Waals surface area contributed by atoms with E-state index in [0.29, 0.717) is 31.5 Å². The van der Waals surface area contributed by atoms with Gasteiger partial charge in [-0.25, -0.2) is 0 Å². The van der Waals surface area contributed by atoms with Crippen LogP contribution in [0.5, 0.6) is 0 Å². The highest BCUT2D eigenvalue weighted by Crippen LogP contribution is 2.32. The lowest BCUT2D eigenvalue weighted by Gasteiger charge is -2.28. The summed E-state index contributed by atoms with van der Waals surface area (Å²) in [6, 6.07) is 16.0.